The number of nitrogens with zero attached hydrogens (tertiary/aromatic N) is 4. The fraction of sp³-hybridized carbons (Fsp3) is 0.481. The molecule has 1 saturated heterocycles. The molecule has 176 valence electrons. The first-order valence-electron chi connectivity index (χ1n) is 12.1. The summed E-state index contributed by atoms with van der Waals surface area (Å²) in [6.45, 7) is 10.5. The van der Waals surface area contributed by atoms with Crippen LogP contribution in [-0.2, 0) is 19.5 Å². The fourth-order valence-electron chi connectivity index (χ4n) is 5.19. The molecule has 0 unspecified atom stereocenters. The van der Waals surface area contributed by atoms with Gasteiger partial charge in [0.1, 0.15) is 0 Å². The van der Waals surface area contributed by atoms with Gasteiger partial charge in [-0.2, -0.15) is 5.10 Å². The topological polar surface area (TPSA) is 41.4 Å². The van der Waals surface area contributed by atoms with Crippen molar-refractivity contribution in [3.05, 3.63) is 75.2 Å². The van der Waals surface area contributed by atoms with Gasteiger partial charge in [0.25, 0.3) is 5.91 Å². The van der Waals surface area contributed by atoms with Gasteiger partial charge in [0.05, 0.1) is 10.6 Å². The molecule has 3 heterocycles. The summed E-state index contributed by atoms with van der Waals surface area (Å²) in [6.07, 6.45) is 3.12. The normalized spacial score (nSPS) is 16.1. The lowest BCUT2D eigenvalue weighted by atomic mass is 9.84. The highest BCUT2D eigenvalue weighted by atomic mass is 32.1. The SMILES string of the molecule is CCn1nc(C)c(CN2CCC([C@H](Cc3ccccc3)N(C)C(=O)c3cccs3)CC2)c1C. The van der Waals surface area contributed by atoms with Gasteiger partial charge in [-0.15, -0.1) is 11.3 Å². The molecule has 0 radical (unpaired) electrons. The zero-order valence-electron chi connectivity index (χ0n) is 20.3. The van der Waals surface area contributed by atoms with Gasteiger partial charge in [-0.1, -0.05) is 36.4 Å². The van der Waals surface area contributed by atoms with Crippen LogP contribution in [0.4, 0.5) is 0 Å². The zero-order chi connectivity index (χ0) is 23.4. The standard InChI is InChI=1S/C27H36N4OS/c1-5-31-21(3)24(20(2)28-31)19-30-15-13-23(14-16-30)25(18-22-10-7-6-8-11-22)29(4)27(32)26-12-9-17-33-26/h6-12,17,23,25H,5,13-16,18-19H2,1-4H3/t25-/m0/s1. The summed E-state index contributed by atoms with van der Waals surface area (Å²) in [4.78, 5) is 18.6. The molecule has 4 rings (SSSR count). The van der Waals surface area contributed by atoms with Gasteiger partial charge >= 0.3 is 0 Å². The average Bonchev–Trinajstić information content (AvgIpc) is 3.47. The van der Waals surface area contributed by atoms with E-state index in [-0.39, 0.29) is 11.9 Å². The second kappa shape index (κ2) is 10.7. The summed E-state index contributed by atoms with van der Waals surface area (Å²) >= 11 is 1.53. The molecule has 0 N–H and O–H groups in total. The Bertz CT molecular complexity index is 1040. The van der Waals surface area contributed by atoms with E-state index in [4.69, 9.17) is 5.10 Å². The fourth-order valence-corrected chi connectivity index (χ4v) is 5.90. The molecule has 1 aliphatic heterocycles. The van der Waals surface area contributed by atoms with Crippen LogP contribution in [0.5, 0.6) is 0 Å². The number of carbonyl (C=O) groups excluding carboxylic acids is 1. The van der Waals surface area contributed by atoms with Crippen LogP contribution in [0.3, 0.4) is 0 Å². The molecule has 5 nitrogen and oxygen atoms in total. The van der Waals surface area contributed by atoms with E-state index in [1.165, 1.54) is 28.2 Å². The van der Waals surface area contributed by atoms with E-state index in [1.54, 1.807) is 0 Å². The Morgan fingerprint density at radius 1 is 1.15 bits per heavy atom. The summed E-state index contributed by atoms with van der Waals surface area (Å²) in [7, 11) is 1.99. The molecule has 0 aliphatic carbocycles. The number of hydrogen-bond acceptors (Lipinski definition) is 4. The number of likely N-dealkylation sites (tertiary alicyclic amines) is 1. The molecule has 1 amide bonds. The van der Waals surface area contributed by atoms with Crippen LogP contribution in [-0.4, -0.2) is 51.7 Å². The molecular formula is C27H36N4OS. The van der Waals surface area contributed by atoms with Crippen molar-refractivity contribution in [2.75, 3.05) is 20.1 Å². The van der Waals surface area contributed by atoms with E-state index in [1.807, 2.05) is 29.5 Å². The molecule has 33 heavy (non-hydrogen) atoms. The molecule has 0 bridgehead atoms. The molecule has 0 saturated carbocycles. The lowest BCUT2D eigenvalue weighted by Gasteiger charge is -2.40. The minimum atomic E-state index is 0.145. The molecule has 1 fully saturated rings. The van der Waals surface area contributed by atoms with E-state index in [9.17, 15) is 4.79 Å². The van der Waals surface area contributed by atoms with Crippen LogP contribution in [0.25, 0.3) is 0 Å². The Kier molecular flexibility index (Phi) is 7.66. The maximum absolute atomic E-state index is 13.2. The monoisotopic (exact) mass is 464 g/mol. The molecule has 6 heteroatoms. The largest absolute Gasteiger partial charge is 0.337 e. The van der Waals surface area contributed by atoms with Crippen LogP contribution in [0.1, 0.15) is 52.0 Å². The third kappa shape index (κ3) is 5.39. The highest BCUT2D eigenvalue weighted by Gasteiger charge is 2.32. The first-order valence-corrected chi connectivity index (χ1v) is 13.0. The van der Waals surface area contributed by atoms with Crippen LogP contribution in [0, 0.1) is 19.8 Å². The van der Waals surface area contributed by atoms with Crippen molar-refractivity contribution < 1.29 is 4.79 Å². The number of benzene rings is 1. The summed E-state index contributed by atoms with van der Waals surface area (Å²) in [5, 5.41) is 6.68. The van der Waals surface area contributed by atoms with E-state index in [2.05, 4.69) is 60.7 Å². The lowest BCUT2D eigenvalue weighted by Crippen LogP contribution is -2.47. The van der Waals surface area contributed by atoms with Gasteiger partial charge in [0.2, 0.25) is 0 Å². The second-order valence-electron chi connectivity index (χ2n) is 9.23. The number of likely N-dealkylation sites (N-methyl/N-ethyl adjacent to an activating group) is 1. The molecule has 1 aliphatic rings. The molecular weight excluding hydrogens is 428 g/mol. The van der Waals surface area contributed by atoms with Crippen LogP contribution < -0.4 is 0 Å². The van der Waals surface area contributed by atoms with Gasteiger partial charge in [-0.3, -0.25) is 14.4 Å². The number of hydrogen-bond donors (Lipinski definition) is 0. The Labute approximate surface area is 202 Å². The van der Waals surface area contributed by atoms with Crippen LogP contribution >= 0.6 is 11.3 Å². The predicted molar refractivity (Wildman–Crippen MR) is 136 cm³/mol. The lowest BCUT2D eigenvalue weighted by molar-refractivity contribution is 0.0589. The van der Waals surface area contributed by atoms with E-state index in [0.717, 1.165) is 56.0 Å². The van der Waals surface area contributed by atoms with Crippen molar-refractivity contribution in [3.8, 4) is 0 Å². The van der Waals surface area contributed by atoms with Gasteiger partial charge in [-0.05, 0) is 76.1 Å². The van der Waals surface area contributed by atoms with Crippen molar-refractivity contribution in [2.45, 2.75) is 59.2 Å². The minimum absolute atomic E-state index is 0.145. The highest BCUT2D eigenvalue weighted by molar-refractivity contribution is 7.12. The number of aromatic nitrogens is 2. The van der Waals surface area contributed by atoms with Crippen LogP contribution in [0.2, 0.25) is 0 Å². The molecule has 3 aromatic rings. The smallest absolute Gasteiger partial charge is 0.263 e. The summed E-state index contributed by atoms with van der Waals surface area (Å²) < 4.78 is 2.11. The Hall–Kier alpha value is -2.44. The quantitative estimate of drug-likeness (QED) is 0.461. The van der Waals surface area contributed by atoms with Crippen molar-refractivity contribution in [2.24, 2.45) is 5.92 Å². The van der Waals surface area contributed by atoms with E-state index < -0.39 is 0 Å². The maximum atomic E-state index is 13.2. The first kappa shape index (κ1) is 23.7. The Morgan fingerprint density at radius 3 is 2.48 bits per heavy atom. The zero-order valence-corrected chi connectivity index (χ0v) is 21.1. The molecule has 2 aromatic heterocycles. The Morgan fingerprint density at radius 2 is 1.88 bits per heavy atom. The Balaban J connectivity index is 1.46. The highest BCUT2D eigenvalue weighted by Crippen LogP contribution is 2.29. The average molecular weight is 465 g/mol. The number of piperidine rings is 1. The number of aryl methyl sites for hydroxylation is 2. The first-order chi connectivity index (χ1) is 16.0. The summed E-state index contributed by atoms with van der Waals surface area (Å²) in [6, 6.07) is 14.7. The van der Waals surface area contributed by atoms with E-state index in [0.29, 0.717) is 5.92 Å². The van der Waals surface area contributed by atoms with Gasteiger partial charge < -0.3 is 4.90 Å². The van der Waals surface area contributed by atoms with E-state index >= 15 is 0 Å². The van der Waals surface area contributed by atoms with Crippen molar-refractivity contribution in [1.82, 2.24) is 19.6 Å². The number of amides is 1. The molecule has 1 aromatic carbocycles. The minimum Gasteiger partial charge on any atom is -0.337 e. The summed E-state index contributed by atoms with van der Waals surface area (Å²) in [5.41, 5.74) is 5.12. The third-order valence-corrected chi connectivity index (χ3v) is 8.08. The molecule has 0 spiro atoms. The molecule has 1 atom stereocenters. The van der Waals surface area contributed by atoms with Gasteiger partial charge in [0, 0.05) is 37.4 Å². The van der Waals surface area contributed by atoms with Gasteiger partial charge in [-0.25, -0.2) is 0 Å². The maximum Gasteiger partial charge on any atom is 0.263 e. The third-order valence-electron chi connectivity index (χ3n) is 7.23. The van der Waals surface area contributed by atoms with Crippen LogP contribution in [0.15, 0.2) is 47.8 Å². The predicted octanol–water partition coefficient (Wildman–Crippen LogP) is 5.18. The number of rotatable bonds is 8. The van der Waals surface area contributed by atoms with Crippen molar-refractivity contribution in [3.63, 3.8) is 0 Å². The summed E-state index contributed by atoms with van der Waals surface area (Å²) in [5.74, 6) is 0.641. The van der Waals surface area contributed by atoms with Crippen molar-refractivity contribution >= 4 is 17.2 Å². The second-order valence-corrected chi connectivity index (χ2v) is 10.2. The number of carbonyl (C=O) groups is 1. The number of thiophene rings is 1. The van der Waals surface area contributed by atoms with Gasteiger partial charge in [0.15, 0.2) is 0 Å². The van der Waals surface area contributed by atoms with Crippen molar-refractivity contribution in [1.29, 1.82) is 0 Å².